The van der Waals surface area contributed by atoms with Crippen LogP contribution < -0.4 is 15.0 Å². The maximum absolute atomic E-state index is 12.3. The smallest absolute Gasteiger partial charge is 0.410 e. The van der Waals surface area contributed by atoms with Crippen molar-refractivity contribution in [3.63, 3.8) is 0 Å². The largest absolute Gasteiger partial charge is 0.497 e. The van der Waals surface area contributed by atoms with Crippen molar-refractivity contribution in [2.24, 2.45) is 0 Å². The summed E-state index contributed by atoms with van der Waals surface area (Å²) in [6.45, 7) is 9.03. The van der Waals surface area contributed by atoms with Crippen LogP contribution in [0.2, 0.25) is 0 Å². The molecule has 4 aromatic rings. The molecule has 1 amide bonds. The fourth-order valence-electron chi connectivity index (χ4n) is 4.30. The third-order valence-corrected chi connectivity index (χ3v) is 6.29. The number of benzene rings is 2. The molecule has 198 valence electrons. The highest BCUT2D eigenvalue weighted by Gasteiger charge is 2.26. The molecule has 10 nitrogen and oxygen atoms in total. The lowest BCUT2D eigenvalue weighted by atomic mass is 10.2. The molecule has 1 saturated heterocycles. The van der Waals surface area contributed by atoms with Crippen molar-refractivity contribution in [3.8, 4) is 5.75 Å². The number of rotatable bonds is 6. The minimum Gasteiger partial charge on any atom is -0.497 e. The fraction of sp³-hybridized carbons (Fsp3) is 0.357. The van der Waals surface area contributed by atoms with Crippen LogP contribution in [0.25, 0.3) is 11.0 Å². The van der Waals surface area contributed by atoms with E-state index in [0.29, 0.717) is 25.6 Å². The number of methoxy groups -OCH3 is 1. The molecule has 0 atom stereocenters. The Labute approximate surface area is 222 Å². The normalized spacial score (nSPS) is 14.0. The first kappa shape index (κ1) is 25.3. The van der Waals surface area contributed by atoms with E-state index in [1.54, 1.807) is 24.4 Å². The van der Waals surface area contributed by atoms with E-state index in [1.165, 1.54) is 0 Å². The summed E-state index contributed by atoms with van der Waals surface area (Å²) >= 11 is 0. The number of hydrogen-bond acceptors (Lipinski definition) is 8. The lowest BCUT2D eigenvalue weighted by Crippen LogP contribution is -2.50. The van der Waals surface area contributed by atoms with Gasteiger partial charge >= 0.3 is 6.09 Å². The zero-order chi connectivity index (χ0) is 26.7. The highest BCUT2D eigenvalue weighted by atomic mass is 16.6. The summed E-state index contributed by atoms with van der Waals surface area (Å²) in [7, 11) is 1.66. The van der Waals surface area contributed by atoms with Gasteiger partial charge in [0.25, 0.3) is 0 Å². The second-order valence-corrected chi connectivity index (χ2v) is 10.2. The van der Waals surface area contributed by atoms with Gasteiger partial charge in [-0.25, -0.2) is 14.5 Å². The van der Waals surface area contributed by atoms with E-state index in [1.807, 2.05) is 61.9 Å². The van der Waals surface area contributed by atoms with Crippen molar-refractivity contribution in [2.75, 3.05) is 43.5 Å². The maximum Gasteiger partial charge on any atom is 0.410 e. The van der Waals surface area contributed by atoms with Crippen molar-refractivity contribution in [3.05, 3.63) is 66.5 Å². The van der Waals surface area contributed by atoms with Crippen molar-refractivity contribution >= 4 is 34.4 Å². The zero-order valence-electron chi connectivity index (χ0n) is 22.2. The van der Waals surface area contributed by atoms with Crippen LogP contribution in [-0.4, -0.2) is 69.6 Å². The number of anilines is 3. The van der Waals surface area contributed by atoms with Gasteiger partial charge in [0.15, 0.2) is 5.65 Å². The molecule has 1 aliphatic rings. The van der Waals surface area contributed by atoms with E-state index in [4.69, 9.17) is 14.5 Å². The summed E-state index contributed by atoms with van der Waals surface area (Å²) in [5.74, 6) is 1.33. The molecule has 1 fully saturated rings. The number of ether oxygens (including phenoxy) is 2. The first-order valence-electron chi connectivity index (χ1n) is 12.7. The monoisotopic (exact) mass is 515 g/mol. The third kappa shape index (κ3) is 5.96. The second-order valence-electron chi connectivity index (χ2n) is 10.2. The number of hydrogen-bond donors (Lipinski definition) is 1. The molecule has 2 aromatic carbocycles. The van der Waals surface area contributed by atoms with Crippen LogP contribution in [0.5, 0.6) is 5.75 Å². The van der Waals surface area contributed by atoms with Gasteiger partial charge in [-0.05, 0) is 62.7 Å². The van der Waals surface area contributed by atoms with E-state index < -0.39 is 5.60 Å². The topological polar surface area (TPSA) is 97.6 Å². The van der Waals surface area contributed by atoms with Gasteiger partial charge in [0.2, 0.25) is 5.95 Å². The standard InChI is InChI=1S/C28H33N7O3/c1-28(2,3)38-27(36)34-15-13-33(14-16-34)23-9-7-22(8-10-23)31-26-29-17-21-18-30-35(25(21)32-26)19-20-5-11-24(37-4)12-6-20/h5-12,17-18H,13-16,19H2,1-4H3,(H,29,31,32). The first-order chi connectivity index (χ1) is 18.3. The molecule has 1 aliphatic heterocycles. The Balaban J connectivity index is 1.21. The van der Waals surface area contributed by atoms with Crippen LogP contribution in [0.15, 0.2) is 60.9 Å². The van der Waals surface area contributed by atoms with E-state index in [2.05, 4.69) is 32.4 Å². The Hall–Kier alpha value is -4.34. The maximum atomic E-state index is 12.3. The van der Waals surface area contributed by atoms with E-state index in [9.17, 15) is 4.79 Å². The number of amides is 1. The number of carbonyl (C=O) groups is 1. The SMILES string of the molecule is COc1ccc(Cn2ncc3cnc(Nc4ccc(N5CCN(C(=O)OC(C)(C)C)CC5)cc4)nc32)cc1. The van der Waals surface area contributed by atoms with Crippen LogP contribution >= 0.6 is 0 Å². The second kappa shape index (κ2) is 10.6. The Bertz CT molecular complexity index is 1390. The number of aromatic nitrogens is 4. The minimum absolute atomic E-state index is 0.251. The molecular weight excluding hydrogens is 482 g/mol. The van der Waals surface area contributed by atoms with E-state index >= 15 is 0 Å². The molecule has 2 aromatic heterocycles. The van der Waals surface area contributed by atoms with Crippen molar-refractivity contribution < 1.29 is 14.3 Å². The van der Waals surface area contributed by atoms with Gasteiger partial charge < -0.3 is 24.6 Å². The molecule has 1 N–H and O–H groups in total. The lowest BCUT2D eigenvalue weighted by Gasteiger charge is -2.36. The molecule has 5 rings (SSSR count). The number of fused-ring (bicyclic) bond motifs is 1. The molecular formula is C28H33N7O3. The molecule has 0 spiro atoms. The highest BCUT2D eigenvalue weighted by Crippen LogP contribution is 2.23. The van der Waals surface area contributed by atoms with Crippen LogP contribution in [0.1, 0.15) is 26.3 Å². The summed E-state index contributed by atoms with van der Waals surface area (Å²) in [6.07, 6.45) is 3.31. The Morgan fingerprint density at radius 1 is 0.974 bits per heavy atom. The fourth-order valence-corrected chi connectivity index (χ4v) is 4.30. The third-order valence-electron chi connectivity index (χ3n) is 6.29. The Kier molecular flexibility index (Phi) is 7.04. The van der Waals surface area contributed by atoms with Gasteiger partial charge in [0.1, 0.15) is 11.4 Å². The van der Waals surface area contributed by atoms with Gasteiger partial charge in [-0.2, -0.15) is 10.1 Å². The summed E-state index contributed by atoms with van der Waals surface area (Å²) < 4.78 is 12.6. The van der Waals surface area contributed by atoms with Crippen molar-refractivity contribution in [2.45, 2.75) is 32.9 Å². The van der Waals surface area contributed by atoms with Crippen LogP contribution in [0.3, 0.4) is 0 Å². The van der Waals surface area contributed by atoms with Gasteiger partial charge in [-0.3, -0.25) is 0 Å². The van der Waals surface area contributed by atoms with Crippen LogP contribution in [-0.2, 0) is 11.3 Å². The molecule has 3 heterocycles. The van der Waals surface area contributed by atoms with Gasteiger partial charge in [0, 0.05) is 43.8 Å². The molecule has 10 heteroatoms. The average molecular weight is 516 g/mol. The Morgan fingerprint density at radius 3 is 2.34 bits per heavy atom. The van der Waals surface area contributed by atoms with Gasteiger partial charge in [0.05, 0.1) is 25.2 Å². The van der Waals surface area contributed by atoms with Crippen molar-refractivity contribution in [1.29, 1.82) is 0 Å². The first-order valence-corrected chi connectivity index (χ1v) is 12.7. The van der Waals surface area contributed by atoms with Gasteiger partial charge in [-0.15, -0.1) is 0 Å². The number of piperazine rings is 1. The average Bonchev–Trinajstić information content (AvgIpc) is 3.30. The summed E-state index contributed by atoms with van der Waals surface area (Å²) in [5.41, 5.74) is 3.38. The molecule has 0 unspecified atom stereocenters. The number of nitrogens with one attached hydrogen (secondary N) is 1. The number of nitrogens with zero attached hydrogens (tertiary/aromatic N) is 6. The predicted octanol–water partition coefficient (Wildman–Crippen LogP) is 4.68. The van der Waals surface area contributed by atoms with Gasteiger partial charge in [-0.1, -0.05) is 12.1 Å². The molecule has 0 bridgehead atoms. The van der Waals surface area contributed by atoms with Crippen LogP contribution in [0.4, 0.5) is 22.1 Å². The Morgan fingerprint density at radius 2 is 1.68 bits per heavy atom. The summed E-state index contributed by atoms with van der Waals surface area (Å²) in [4.78, 5) is 25.5. The van der Waals surface area contributed by atoms with Crippen molar-refractivity contribution in [1.82, 2.24) is 24.6 Å². The molecule has 38 heavy (non-hydrogen) atoms. The molecule has 0 saturated carbocycles. The number of carbonyl (C=O) groups excluding carboxylic acids is 1. The summed E-state index contributed by atoms with van der Waals surface area (Å²) in [5, 5.41) is 8.67. The predicted molar refractivity (Wildman–Crippen MR) is 147 cm³/mol. The quantitative estimate of drug-likeness (QED) is 0.395. The van der Waals surface area contributed by atoms with E-state index in [-0.39, 0.29) is 6.09 Å². The minimum atomic E-state index is -0.485. The summed E-state index contributed by atoms with van der Waals surface area (Å²) in [6, 6.07) is 16.1. The lowest BCUT2D eigenvalue weighted by molar-refractivity contribution is 0.0240. The molecule has 0 aliphatic carbocycles. The highest BCUT2D eigenvalue weighted by molar-refractivity contribution is 5.75. The zero-order valence-corrected chi connectivity index (χ0v) is 22.2. The van der Waals surface area contributed by atoms with Crippen LogP contribution in [0, 0.1) is 0 Å². The molecule has 0 radical (unpaired) electrons. The van der Waals surface area contributed by atoms with E-state index in [0.717, 1.165) is 46.8 Å².